The number of aromatic carboxylic acids is 1. The number of carbonyl (C=O) groups is 1. The van der Waals surface area contributed by atoms with E-state index in [0.717, 1.165) is 13.1 Å². The average molecular weight is 236 g/mol. The lowest BCUT2D eigenvalue weighted by Crippen LogP contribution is -2.32. The minimum Gasteiger partial charge on any atom is -0.477 e. The molecule has 1 aliphatic rings. The summed E-state index contributed by atoms with van der Waals surface area (Å²) in [5, 5.41) is 9.00. The molecule has 0 bridgehead atoms. The van der Waals surface area contributed by atoms with E-state index in [1.165, 1.54) is 25.7 Å². The fourth-order valence-electron chi connectivity index (χ4n) is 2.60. The van der Waals surface area contributed by atoms with Gasteiger partial charge in [-0.15, -0.1) is 0 Å². The van der Waals surface area contributed by atoms with Crippen LogP contribution in [0.15, 0.2) is 18.3 Å². The molecule has 0 aliphatic heterocycles. The number of hydrogen-bond donors (Lipinski definition) is 1. The minimum absolute atomic E-state index is 0.379. The largest absolute Gasteiger partial charge is 0.477 e. The first-order valence-electron chi connectivity index (χ1n) is 6.27. The zero-order chi connectivity index (χ0) is 12.3. The van der Waals surface area contributed by atoms with Crippen LogP contribution in [-0.2, 0) is 6.54 Å². The number of aromatic nitrogens is 1. The van der Waals surface area contributed by atoms with Gasteiger partial charge in [0.25, 0.3) is 0 Å². The van der Waals surface area contributed by atoms with Gasteiger partial charge in [0.1, 0.15) is 5.69 Å². The van der Waals surface area contributed by atoms with Crippen molar-refractivity contribution in [1.29, 1.82) is 0 Å². The van der Waals surface area contributed by atoms with Crippen LogP contribution < -0.4 is 0 Å². The Bertz CT molecular complexity index is 381. The average Bonchev–Trinajstić information content (AvgIpc) is 2.96. The topological polar surface area (TPSA) is 45.5 Å². The van der Waals surface area contributed by atoms with Crippen LogP contribution in [0.1, 0.15) is 36.2 Å². The first kappa shape index (κ1) is 12.2. The van der Waals surface area contributed by atoms with E-state index in [-0.39, 0.29) is 0 Å². The molecule has 4 heteroatoms. The van der Waals surface area contributed by atoms with Gasteiger partial charge in [0.2, 0.25) is 0 Å². The van der Waals surface area contributed by atoms with E-state index < -0.39 is 5.97 Å². The Morgan fingerprint density at radius 1 is 1.53 bits per heavy atom. The molecule has 0 radical (unpaired) electrons. The second-order valence-electron chi connectivity index (χ2n) is 4.81. The van der Waals surface area contributed by atoms with Crippen molar-refractivity contribution in [2.24, 2.45) is 0 Å². The molecule has 2 rings (SSSR count). The van der Waals surface area contributed by atoms with Gasteiger partial charge in [-0.25, -0.2) is 4.79 Å². The van der Waals surface area contributed by atoms with Gasteiger partial charge < -0.3 is 14.6 Å². The summed E-state index contributed by atoms with van der Waals surface area (Å²) in [4.78, 5) is 13.3. The molecule has 0 unspecified atom stereocenters. The molecule has 0 atom stereocenters. The Morgan fingerprint density at radius 2 is 2.24 bits per heavy atom. The standard InChI is InChI=1S/C13H20N2O2/c1-14(11-5-2-3-6-11)9-10-15-8-4-7-12(15)13(16)17/h4,7-8,11H,2-3,5-6,9-10H2,1H3,(H,16,17). The van der Waals surface area contributed by atoms with Gasteiger partial charge in [0.15, 0.2) is 0 Å². The second-order valence-corrected chi connectivity index (χ2v) is 4.81. The smallest absolute Gasteiger partial charge is 0.352 e. The number of hydrogen-bond acceptors (Lipinski definition) is 2. The fraction of sp³-hybridized carbons (Fsp3) is 0.615. The Kier molecular flexibility index (Phi) is 3.84. The summed E-state index contributed by atoms with van der Waals surface area (Å²) in [5.74, 6) is -0.849. The van der Waals surface area contributed by atoms with Gasteiger partial charge in [-0.2, -0.15) is 0 Å². The lowest BCUT2D eigenvalue weighted by atomic mass is 10.2. The van der Waals surface area contributed by atoms with Crippen molar-refractivity contribution in [3.05, 3.63) is 24.0 Å². The predicted octanol–water partition coefficient (Wildman–Crippen LogP) is 2.06. The van der Waals surface area contributed by atoms with Gasteiger partial charge in [-0.3, -0.25) is 0 Å². The summed E-state index contributed by atoms with van der Waals surface area (Å²) in [6, 6.07) is 4.13. The van der Waals surface area contributed by atoms with Gasteiger partial charge in [-0.05, 0) is 32.0 Å². The molecule has 94 valence electrons. The van der Waals surface area contributed by atoms with Gasteiger partial charge in [0.05, 0.1) is 0 Å². The van der Waals surface area contributed by atoms with E-state index in [9.17, 15) is 4.79 Å². The summed E-state index contributed by atoms with van der Waals surface area (Å²) in [6.45, 7) is 1.67. The zero-order valence-electron chi connectivity index (χ0n) is 10.3. The summed E-state index contributed by atoms with van der Waals surface area (Å²) < 4.78 is 1.81. The minimum atomic E-state index is -0.849. The SMILES string of the molecule is CN(CCn1cccc1C(=O)O)C1CCCC1. The van der Waals surface area contributed by atoms with Crippen molar-refractivity contribution < 1.29 is 9.90 Å². The molecule has 1 aromatic heterocycles. The Balaban J connectivity index is 1.88. The third-order valence-electron chi connectivity index (χ3n) is 3.69. The highest BCUT2D eigenvalue weighted by Crippen LogP contribution is 2.22. The highest BCUT2D eigenvalue weighted by molar-refractivity contribution is 5.85. The highest BCUT2D eigenvalue weighted by Gasteiger charge is 2.19. The summed E-state index contributed by atoms with van der Waals surface area (Å²) >= 11 is 0. The van der Waals surface area contributed by atoms with Gasteiger partial charge >= 0.3 is 5.97 Å². The van der Waals surface area contributed by atoms with Crippen LogP contribution in [0.2, 0.25) is 0 Å². The van der Waals surface area contributed by atoms with Crippen molar-refractivity contribution >= 4 is 5.97 Å². The monoisotopic (exact) mass is 236 g/mol. The Morgan fingerprint density at radius 3 is 2.88 bits per heavy atom. The van der Waals surface area contributed by atoms with E-state index in [1.54, 1.807) is 12.1 Å². The maximum absolute atomic E-state index is 10.9. The fourth-order valence-corrected chi connectivity index (χ4v) is 2.60. The maximum Gasteiger partial charge on any atom is 0.352 e. The highest BCUT2D eigenvalue weighted by atomic mass is 16.4. The summed E-state index contributed by atoms with van der Waals surface area (Å²) in [7, 11) is 2.14. The number of nitrogens with zero attached hydrogens (tertiary/aromatic N) is 2. The second kappa shape index (κ2) is 5.36. The van der Waals surface area contributed by atoms with Crippen molar-refractivity contribution in [3.63, 3.8) is 0 Å². The van der Waals surface area contributed by atoms with Crippen molar-refractivity contribution in [2.75, 3.05) is 13.6 Å². The van der Waals surface area contributed by atoms with E-state index in [4.69, 9.17) is 5.11 Å². The van der Waals surface area contributed by atoms with Crippen LogP contribution in [0.4, 0.5) is 0 Å². The molecule has 0 amide bonds. The number of likely N-dealkylation sites (N-methyl/N-ethyl adjacent to an activating group) is 1. The number of rotatable bonds is 5. The van der Waals surface area contributed by atoms with Crippen LogP contribution in [0.3, 0.4) is 0 Å². The quantitative estimate of drug-likeness (QED) is 0.851. The van der Waals surface area contributed by atoms with E-state index in [2.05, 4.69) is 11.9 Å². The van der Waals surface area contributed by atoms with Crippen LogP contribution in [0.25, 0.3) is 0 Å². The molecule has 0 spiro atoms. The van der Waals surface area contributed by atoms with Crippen LogP contribution in [0.5, 0.6) is 0 Å². The molecule has 1 N–H and O–H groups in total. The van der Waals surface area contributed by atoms with E-state index in [0.29, 0.717) is 11.7 Å². The Labute approximate surface area is 102 Å². The van der Waals surface area contributed by atoms with Crippen LogP contribution >= 0.6 is 0 Å². The molecule has 17 heavy (non-hydrogen) atoms. The Hall–Kier alpha value is -1.29. The number of carboxylic acid groups (broad SMARTS) is 1. The molecule has 1 aromatic rings. The first-order chi connectivity index (χ1) is 8.18. The lowest BCUT2D eigenvalue weighted by Gasteiger charge is -2.24. The zero-order valence-corrected chi connectivity index (χ0v) is 10.3. The van der Waals surface area contributed by atoms with E-state index >= 15 is 0 Å². The molecule has 1 heterocycles. The third-order valence-corrected chi connectivity index (χ3v) is 3.69. The molecule has 0 aromatic carbocycles. The molecule has 4 nitrogen and oxygen atoms in total. The molecular weight excluding hydrogens is 216 g/mol. The molecule has 1 fully saturated rings. The van der Waals surface area contributed by atoms with Crippen LogP contribution in [-0.4, -0.2) is 40.2 Å². The van der Waals surface area contributed by atoms with Crippen molar-refractivity contribution in [1.82, 2.24) is 9.47 Å². The predicted molar refractivity (Wildman–Crippen MR) is 66.3 cm³/mol. The first-order valence-corrected chi connectivity index (χ1v) is 6.27. The van der Waals surface area contributed by atoms with Crippen molar-refractivity contribution in [2.45, 2.75) is 38.3 Å². The molecular formula is C13H20N2O2. The maximum atomic E-state index is 10.9. The van der Waals surface area contributed by atoms with Gasteiger partial charge in [-0.1, -0.05) is 12.8 Å². The molecule has 1 aliphatic carbocycles. The van der Waals surface area contributed by atoms with E-state index in [1.807, 2.05) is 10.8 Å². The normalized spacial score (nSPS) is 16.8. The van der Waals surface area contributed by atoms with Gasteiger partial charge in [0, 0.05) is 25.3 Å². The third kappa shape index (κ3) is 2.88. The molecule has 1 saturated carbocycles. The van der Waals surface area contributed by atoms with Crippen LogP contribution in [0, 0.1) is 0 Å². The lowest BCUT2D eigenvalue weighted by molar-refractivity contribution is 0.0684. The number of carboxylic acids is 1. The van der Waals surface area contributed by atoms with Crippen molar-refractivity contribution in [3.8, 4) is 0 Å². The summed E-state index contributed by atoms with van der Waals surface area (Å²) in [5.41, 5.74) is 0.379. The molecule has 0 saturated heterocycles. The summed E-state index contributed by atoms with van der Waals surface area (Å²) in [6.07, 6.45) is 7.08.